The van der Waals surface area contributed by atoms with E-state index in [-0.39, 0.29) is 10.8 Å². The second-order valence-corrected chi connectivity index (χ2v) is 8.34. The lowest BCUT2D eigenvalue weighted by molar-refractivity contribution is 0.144. The average molecular weight is 375 g/mol. The minimum absolute atomic E-state index is 0.231. The maximum Gasteiger partial charge on any atom is 0.263 e. The summed E-state index contributed by atoms with van der Waals surface area (Å²) in [5, 5.41) is 0. The van der Waals surface area contributed by atoms with Crippen LogP contribution >= 0.6 is 0 Å². The smallest absolute Gasteiger partial charge is 0.263 e. The summed E-state index contributed by atoms with van der Waals surface area (Å²) in [5.41, 5.74) is 1.70. The number of hydrogen-bond donors (Lipinski definition) is 1. The molecule has 1 aliphatic rings. The number of sulfonamides is 1. The van der Waals surface area contributed by atoms with Crippen LogP contribution in [0.5, 0.6) is 5.75 Å². The zero-order valence-electron chi connectivity index (χ0n) is 15.4. The molecule has 0 amide bonds. The Hall–Kier alpha value is -2.12. The molecule has 0 saturated carbocycles. The Morgan fingerprint density at radius 3 is 2.69 bits per heavy atom. The molecule has 0 aliphatic carbocycles. The Morgan fingerprint density at radius 1 is 1.27 bits per heavy atom. The number of methoxy groups -OCH3 is 1. The molecule has 1 saturated heterocycles. The third kappa shape index (κ3) is 3.99. The first kappa shape index (κ1) is 18.7. The number of nitrogens with one attached hydrogen (secondary N) is 1. The van der Waals surface area contributed by atoms with Gasteiger partial charge in [-0.15, -0.1) is 0 Å². The number of pyridine rings is 1. The first-order valence-corrected chi connectivity index (χ1v) is 10.3. The van der Waals surface area contributed by atoms with Crippen LogP contribution in [0, 0.1) is 6.92 Å². The van der Waals surface area contributed by atoms with Gasteiger partial charge >= 0.3 is 0 Å². The molecule has 0 bridgehead atoms. The molecule has 0 atom stereocenters. The molecule has 3 rings (SSSR count). The highest BCUT2D eigenvalue weighted by Crippen LogP contribution is 2.33. The van der Waals surface area contributed by atoms with Gasteiger partial charge in [0, 0.05) is 19.0 Å². The number of benzene rings is 1. The highest BCUT2D eigenvalue weighted by atomic mass is 32.2. The van der Waals surface area contributed by atoms with E-state index in [1.165, 1.54) is 0 Å². The van der Waals surface area contributed by atoms with E-state index >= 15 is 0 Å². The van der Waals surface area contributed by atoms with Crippen LogP contribution in [0.2, 0.25) is 0 Å². The average Bonchev–Trinajstić information content (AvgIpc) is 2.57. The SMILES string of the molecule is CCCN1CC(c2nc(NS(=O)(=O)c3cccc(C)c3)ccc2OC)C1. The van der Waals surface area contributed by atoms with Gasteiger partial charge in [0.05, 0.1) is 17.7 Å². The predicted molar refractivity (Wildman–Crippen MR) is 102 cm³/mol. The minimum atomic E-state index is -3.67. The molecule has 2 aromatic rings. The van der Waals surface area contributed by atoms with Crippen molar-refractivity contribution in [3.8, 4) is 5.75 Å². The van der Waals surface area contributed by atoms with Crippen molar-refractivity contribution in [2.45, 2.75) is 31.1 Å². The van der Waals surface area contributed by atoms with Crippen molar-refractivity contribution in [1.29, 1.82) is 0 Å². The van der Waals surface area contributed by atoms with Crippen LogP contribution < -0.4 is 9.46 Å². The van der Waals surface area contributed by atoms with Gasteiger partial charge in [-0.05, 0) is 49.7 Å². The highest BCUT2D eigenvalue weighted by Gasteiger charge is 2.31. The second-order valence-electron chi connectivity index (χ2n) is 6.66. The number of likely N-dealkylation sites (tertiary alicyclic amines) is 1. The first-order chi connectivity index (χ1) is 12.4. The lowest BCUT2D eigenvalue weighted by Gasteiger charge is -2.39. The molecule has 0 unspecified atom stereocenters. The number of hydrogen-bond acceptors (Lipinski definition) is 5. The molecule has 7 heteroatoms. The van der Waals surface area contributed by atoms with Crippen LogP contribution in [0.15, 0.2) is 41.3 Å². The molecule has 1 aromatic carbocycles. The van der Waals surface area contributed by atoms with E-state index in [1.807, 2.05) is 13.0 Å². The third-order valence-corrected chi connectivity index (χ3v) is 5.88. The van der Waals surface area contributed by atoms with Gasteiger partial charge in [0.1, 0.15) is 11.6 Å². The standard InChI is InChI=1S/C19H25N3O3S/c1-4-10-22-12-15(13-22)19-17(25-3)8-9-18(20-19)21-26(23,24)16-7-5-6-14(2)11-16/h5-9,11,15H,4,10,12-13H2,1-3H3,(H,20,21). The van der Waals surface area contributed by atoms with Gasteiger partial charge in [-0.1, -0.05) is 19.1 Å². The summed E-state index contributed by atoms with van der Waals surface area (Å²) in [6, 6.07) is 10.2. The molecule has 1 aromatic heterocycles. The molecule has 140 valence electrons. The van der Waals surface area contributed by atoms with Crippen molar-refractivity contribution in [3.63, 3.8) is 0 Å². The molecular formula is C19H25N3O3S. The fraction of sp³-hybridized carbons (Fsp3) is 0.421. The monoisotopic (exact) mass is 375 g/mol. The van der Waals surface area contributed by atoms with Crippen molar-refractivity contribution in [1.82, 2.24) is 9.88 Å². The summed E-state index contributed by atoms with van der Waals surface area (Å²) in [5.74, 6) is 1.28. The van der Waals surface area contributed by atoms with Crippen LogP contribution in [-0.4, -0.2) is 45.0 Å². The second kappa shape index (κ2) is 7.63. The maximum atomic E-state index is 12.6. The summed E-state index contributed by atoms with van der Waals surface area (Å²) < 4.78 is 33.2. The summed E-state index contributed by atoms with van der Waals surface area (Å²) in [7, 11) is -2.06. The van der Waals surface area contributed by atoms with Crippen molar-refractivity contribution in [3.05, 3.63) is 47.7 Å². The number of anilines is 1. The molecule has 1 N–H and O–H groups in total. The summed E-state index contributed by atoms with van der Waals surface area (Å²) in [6.07, 6.45) is 1.12. The van der Waals surface area contributed by atoms with E-state index in [1.54, 1.807) is 37.4 Å². The lowest BCUT2D eigenvalue weighted by Crippen LogP contribution is -2.45. The Labute approximate surface area is 155 Å². The van der Waals surface area contributed by atoms with Crippen molar-refractivity contribution >= 4 is 15.8 Å². The van der Waals surface area contributed by atoms with Gasteiger partial charge in [-0.3, -0.25) is 4.72 Å². The zero-order valence-corrected chi connectivity index (χ0v) is 16.2. The molecule has 26 heavy (non-hydrogen) atoms. The first-order valence-electron chi connectivity index (χ1n) is 8.79. The van der Waals surface area contributed by atoms with E-state index in [0.29, 0.717) is 11.6 Å². The van der Waals surface area contributed by atoms with E-state index in [0.717, 1.165) is 37.3 Å². The largest absolute Gasteiger partial charge is 0.495 e. The van der Waals surface area contributed by atoms with Gasteiger partial charge in [-0.2, -0.15) is 0 Å². The van der Waals surface area contributed by atoms with Crippen molar-refractivity contribution in [2.24, 2.45) is 0 Å². The number of rotatable bonds is 7. The van der Waals surface area contributed by atoms with Crippen LogP contribution in [0.3, 0.4) is 0 Å². The summed E-state index contributed by atoms with van der Waals surface area (Å²) >= 11 is 0. The van der Waals surface area contributed by atoms with Gasteiger partial charge < -0.3 is 9.64 Å². The number of aromatic nitrogens is 1. The van der Waals surface area contributed by atoms with Gasteiger partial charge in [0.15, 0.2) is 0 Å². The van der Waals surface area contributed by atoms with E-state index < -0.39 is 10.0 Å². The summed E-state index contributed by atoms with van der Waals surface area (Å²) in [6.45, 7) is 6.93. The lowest BCUT2D eigenvalue weighted by atomic mass is 9.95. The number of ether oxygens (including phenoxy) is 1. The predicted octanol–water partition coefficient (Wildman–Crippen LogP) is 3.01. The number of nitrogens with zero attached hydrogens (tertiary/aromatic N) is 2. The molecular weight excluding hydrogens is 350 g/mol. The molecule has 6 nitrogen and oxygen atoms in total. The van der Waals surface area contributed by atoms with Crippen LogP contribution in [0.4, 0.5) is 5.82 Å². The van der Waals surface area contributed by atoms with Gasteiger partial charge in [0.2, 0.25) is 0 Å². The van der Waals surface area contributed by atoms with E-state index in [9.17, 15) is 8.42 Å². The van der Waals surface area contributed by atoms with Gasteiger partial charge in [0.25, 0.3) is 10.0 Å². The van der Waals surface area contributed by atoms with Crippen LogP contribution in [-0.2, 0) is 10.0 Å². The van der Waals surface area contributed by atoms with E-state index in [4.69, 9.17) is 4.74 Å². The fourth-order valence-corrected chi connectivity index (χ4v) is 4.31. The van der Waals surface area contributed by atoms with Crippen LogP contribution in [0.1, 0.15) is 30.5 Å². The van der Waals surface area contributed by atoms with Gasteiger partial charge in [-0.25, -0.2) is 13.4 Å². The van der Waals surface area contributed by atoms with E-state index in [2.05, 4.69) is 21.5 Å². The topological polar surface area (TPSA) is 71.5 Å². The van der Waals surface area contributed by atoms with Crippen LogP contribution in [0.25, 0.3) is 0 Å². The Morgan fingerprint density at radius 2 is 2.04 bits per heavy atom. The molecule has 0 radical (unpaired) electrons. The normalized spacial score (nSPS) is 15.5. The maximum absolute atomic E-state index is 12.6. The Kier molecular flexibility index (Phi) is 5.48. The third-order valence-electron chi connectivity index (χ3n) is 4.53. The number of aryl methyl sites for hydroxylation is 1. The summed E-state index contributed by atoms with van der Waals surface area (Å²) in [4.78, 5) is 7.14. The minimum Gasteiger partial charge on any atom is -0.495 e. The highest BCUT2D eigenvalue weighted by molar-refractivity contribution is 7.92. The zero-order chi connectivity index (χ0) is 18.7. The fourth-order valence-electron chi connectivity index (χ4n) is 3.20. The van der Waals surface area contributed by atoms with Crippen molar-refractivity contribution < 1.29 is 13.2 Å². The molecule has 2 heterocycles. The Balaban J connectivity index is 1.82. The van der Waals surface area contributed by atoms with Crippen molar-refractivity contribution in [2.75, 3.05) is 31.5 Å². The molecule has 1 aliphatic heterocycles. The molecule has 0 spiro atoms. The molecule has 1 fully saturated rings. The Bertz CT molecular complexity index is 877. The quantitative estimate of drug-likeness (QED) is 0.805.